The lowest BCUT2D eigenvalue weighted by Crippen LogP contribution is -2.51. The second kappa shape index (κ2) is 6.82. The molecule has 120 valence electrons. The number of hydrogen-bond acceptors (Lipinski definition) is 2. The number of nitrogens with one attached hydrogen (secondary N) is 1. The van der Waals surface area contributed by atoms with Crippen LogP contribution in [0.1, 0.15) is 61.0 Å². The van der Waals surface area contributed by atoms with Crippen LogP contribution in [0.5, 0.6) is 0 Å². The molecule has 3 nitrogen and oxygen atoms in total. The van der Waals surface area contributed by atoms with Crippen molar-refractivity contribution in [3.8, 4) is 0 Å². The van der Waals surface area contributed by atoms with Gasteiger partial charge in [-0.15, -0.1) is 0 Å². The van der Waals surface area contributed by atoms with Crippen molar-refractivity contribution >= 4 is 5.91 Å². The summed E-state index contributed by atoms with van der Waals surface area (Å²) in [6.07, 6.45) is 7.11. The van der Waals surface area contributed by atoms with E-state index in [1.807, 2.05) is 6.07 Å². The van der Waals surface area contributed by atoms with E-state index in [4.69, 9.17) is 0 Å². The van der Waals surface area contributed by atoms with E-state index in [2.05, 4.69) is 36.2 Å². The number of carbonyl (C=O) groups is 1. The molecule has 3 heteroatoms. The van der Waals surface area contributed by atoms with E-state index in [1.54, 1.807) is 0 Å². The number of fused-ring (bicyclic) bond motifs is 1. The Morgan fingerprint density at radius 3 is 2.64 bits per heavy atom. The van der Waals surface area contributed by atoms with Crippen LogP contribution in [0.2, 0.25) is 0 Å². The van der Waals surface area contributed by atoms with Gasteiger partial charge in [-0.05, 0) is 82.2 Å². The second-order valence-electron chi connectivity index (χ2n) is 7.00. The molecular weight excluding hydrogens is 272 g/mol. The molecule has 1 aliphatic heterocycles. The van der Waals surface area contributed by atoms with Crippen molar-refractivity contribution in [2.24, 2.45) is 0 Å². The summed E-state index contributed by atoms with van der Waals surface area (Å²) in [5.74, 6) is 0.206. The average Bonchev–Trinajstić information content (AvgIpc) is 2.55. The predicted molar refractivity (Wildman–Crippen MR) is 90.3 cm³/mol. The van der Waals surface area contributed by atoms with Crippen LogP contribution < -0.4 is 5.32 Å². The van der Waals surface area contributed by atoms with E-state index in [1.165, 1.54) is 30.4 Å². The summed E-state index contributed by atoms with van der Waals surface area (Å²) >= 11 is 0. The lowest BCUT2D eigenvalue weighted by molar-refractivity contribution is 0.0573. The Morgan fingerprint density at radius 2 is 1.95 bits per heavy atom. The number of amides is 1. The number of nitrogens with zero attached hydrogens (tertiary/aromatic N) is 1. The van der Waals surface area contributed by atoms with Crippen LogP contribution in [0.3, 0.4) is 0 Å². The first kappa shape index (κ1) is 15.5. The third-order valence-corrected chi connectivity index (χ3v) is 5.05. The summed E-state index contributed by atoms with van der Waals surface area (Å²) in [6.45, 7) is 6.26. The lowest BCUT2D eigenvalue weighted by Gasteiger charge is -2.38. The highest BCUT2D eigenvalue weighted by Gasteiger charge is 2.28. The molecule has 1 atom stereocenters. The fourth-order valence-electron chi connectivity index (χ4n) is 3.91. The maximum absolute atomic E-state index is 13.1. The molecule has 1 N–H and O–H groups in total. The quantitative estimate of drug-likeness (QED) is 0.930. The number of rotatable bonds is 3. The molecule has 2 aliphatic rings. The van der Waals surface area contributed by atoms with Crippen molar-refractivity contribution < 1.29 is 4.79 Å². The number of benzene rings is 1. The van der Waals surface area contributed by atoms with E-state index in [0.717, 1.165) is 37.9 Å². The molecule has 0 spiro atoms. The zero-order valence-corrected chi connectivity index (χ0v) is 13.9. The molecule has 1 aromatic rings. The average molecular weight is 300 g/mol. The van der Waals surface area contributed by atoms with Crippen LogP contribution in [-0.2, 0) is 12.8 Å². The Balaban J connectivity index is 1.83. The van der Waals surface area contributed by atoms with Gasteiger partial charge in [0.25, 0.3) is 5.91 Å². The Hall–Kier alpha value is -1.35. The van der Waals surface area contributed by atoms with Gasteiger partial charge >= 0.3 is 0 Å². The van der Waals surface area contributed by atoms with Crippen molar-refractivity contribution in [2.75, 3.05) is 13.1 Å². The van der Waals surface area contributed by atoms with Gasteiger partial charge in [0.15, 0.2) is 0 Å². The van der Waals surface area contributed by atoms with E-state index in [9.17, 15) is 4.79 Å². The minimum atomic E-state index is 0.206. The van der Waals surface area contributed by atoms with Gasteiger partial charge in [-0.25, -0.2) is 0 Å². The summed E-state index contributed by atoms with van der Waals surface area (Å²) in [4.78, 5) is 15.2. The minimum Gasteiger partial charge on any atom is -0.332 e. The third kappa shape index (κ3) is 3.19. The Kier molecular flexibility index (Phi) is 4.82. The van der Waals surface area contributed by atoms with Gasteiger partial charge in [0.2, 0.25) is 0 Å². The van der Waals surface area contributed by atoms with E-state index >= 15 is 0 Å². The number of hydrogen-bond donors (Lipinski definition) is 1. The van der Waals surface area contributed by atoms with Gasteiger partial charge in [-0.3, -0.25) is 4.79 Å². The topological polar surface area (TPSA) is 32.3 Å². The smallest absolute Gasteiger partial charge is 0.254 e. The molecule has 0 bridgehead atoms. The molecule has 1 saturated heterocycles. The summed E-state index contributed by atoms with van der Waals surface area (Å²) in [7, 11) is 0. The van der Waals surface area contributed by atoms with E-state index in [0.29, 0.717) is 6.04 Å². The molecule has 1 aromatic carbocycles. The van der Waals surface area contributed by atoms with Gasteiger partial charge < -0.3 is 10.2 Å². The van der Waals surface area contributed by atoms with E-state index in [-0.39, 0.29) is 11.9 Å². The maximum atomic E-state index is 13.1. The Morgan fingerprint density at radius 1 is 1.18 bits per heavy atom. The fraction of sp³-hybridized carbons (Fsp3) is 0.632. The minimum absolute atomic E-state index is 0.206. The molecule has 0 radical (unpaired) electrons. The van der Waals surface area contributed by atoms with Crippen LogP contribution in [0.25, 0.3) is 0 Å². The van der Waals surface area contributed by atoms with Gasteiger partial charge in [-0.2, -0.15) is 0 Å². The molecule has 0 aromatic heterocycles. The number of aryl methyl sites for hydroxylation is 2. The van der Waals surface area contributed by atoms with Gasteiger partial charge in [0.1, 0.15) is 0 Å². The largest absolute Gasteiger partial charge is 0.332 e. The molecule has 3 rings (SSSR count). The molecule has 22 heavy (non-hydrogen) atoms. The van der Waals surface area contributed by atoms with Crippen molar-refractivity contribution in [1.29, 1.82) is 0 Å². The summed E-state index contributed by atoms with van der Waals surface area (Å²) in [6, 6.07) is 6.95. The first-order valence-corrected chi connectivity index (χ1v) is 8.82. The van der Waals surface area contributed by atoms with Crippen LogP contribution in [0, 0.1) is 0 Å². The van der Waals surface area contributed by atoms with Crippen LogP contribution in [-0.4, -0.2) is 36.0 Å². The summed E-state index contributed by atoms with van der Waals surface area (Å²) < 4.78 is 0. The highest BCUT2D eigenvalue weighted by Crippen LogP contribution is 2.24. The van der Waals surface area contributed by atoms with Crippen molar-refractivity contribution in [3.63, 3.8) is 0 Å². The first-order valence-electron chi connectivity index (χ1n) is 8.82. The molecular formula is C19H28N2O. The van der Waals surface area contributed by atoms with Crippen LogP contribution in [0.15, 0.2) is 18.2 Å². The molecule has 1 amide bonds. The van der Waals surface area contributed by atoms with Crippen LogP contribution in [0.4, 0.5) is 0 Å². The third-order valence-electron chi connectivity index (χ3n) is 5.05. The molecule has 1 unspecified atom stereocenters. The van der Waals surface area contributed by atoms with Gasteiger partial charge in [-0.1, -0.05) is 6.07 Å². The van der Waals surface area contributed by atoms with Crippen LogP contribution >= 0.6 is 0 Å². The zero-order chi connectivity index (χ0) is 15.5. The van der Waals surface area contributed by atoms with Crippen molar-refractivity contribution in [2.45, 2.75) is 64.5 Å². The second-order valence-corrected chi connectivity index (χ2v) is 7.00. The number of carbonyl (C=O) groups excluding carboxylic acids is 1. The standard InChI is InChI=1S/C19H28N2O/c1-14(2)21(18-8-5-11-20-13-18)19(22)17-10-9-15-6-3-4-7-16(15)12-17/h9-10,12,14,18,20H,3-8,11,13H2,1-2H3. The van der Waals surface area contributed by atoms with Crippen molar-refractivity contribution in [1.82, 2.24) is 10.2 Å². The Labute approximate surface area is 134 Å². The van der Waals surface area contributed by atoms with Crippen molar-refractivity contribution in [3.05, 3.63) is 34.9 Å². The molecule has 1 aliphatic carbocycles. The first-order chi connectivity index (χ1) is 10.7. The molecule has 1 heterocycles. The monoisotopic (exact) mass is 300 g/mol. The fourth-order valence-corrected chi connectivity index (χ4v) is 3.91. The molecule has 1 fully saturated rings. The Bertz CT molecular complexity index is 532. The summed E-state index contributed by atoms with van der Waals surface area (Å²) in [5.41, 5.74) is 3.71. The lowest BCUT2D eigenvalue weighted by atomic mass is 9.90. The zero-order valence-electron chi connectivity index (χ0n) is 13.9. The normalized spacial score (nSPS) is 21.5. The SMILES string of the molecule is CC(C)N(C(=O)c1ccc2c(c1)CCCC2)C1CCCNC1. The maximum Gasteiger partial charge on any atom is 0.254 e. The van der Waals surface area contributed by atoms with Gasteiger partial charge in [0, 0.05) is 24.2 Å². The molecule has 0 saturated carbocycles. The highest BCUT2D eigenvalue weighted by atomic mass is 16.2. The summed E-state index contributed by atoms with van der Waals surface area (Å²) in [5, 5.41) is 3.43. The predicted octanol–water partition coefficient (Wildman–Crippen LogP) is 3.17. The van der Waals surface area contributed by atoms with Gasteiger partial charge in [0.05, 0.1) is 0 Å². The van der Waals surface area contributed by atoms with E-state index < -0.39 is 0 Å². The highest BCUT2D eigenvalue weighted by molar-refractivity contribution is 5.95. The number of piperidine rings is 1.